The highest BCUT2D eigenvalue weighted by Gasteiger charge is 2.27. The Morgan fingerprint density at radius 2 is 1.85 bits per heavy atom. The van der Waals surface area contributed by atoms with Crippen molar-refractivity contribution in [3.8, 4) is 0 Å². The van der Waals surface area contributed by atoms with Crippen LogP contribution in [-0.2, 0) is 0 Å². The van der Waals surface area contributed by atoms with Gasteiger partial charge in [-0.25, -0.2) is 0 Å². The van der Waals surface area contributed by atoms with Gasteiger partial charge in [0.15, 0.2) is 5.78 Å². The predicted octanol–water partition coefficient (Wildman–Crippen LogP) is 3.27. The maximum atomic E-state index is 12.2. The summed E-state index contributed by atoms with van der Waals surface area (Å²) < 4.78 is 1.08. The Balaban J connectivity index is 1.49. The molecule has 1 aliphatic carbocycles. The maximum Gasteiger partial charge on any atom is 0.179 e. The highest BCUT2D eigenvalue weighted by Crippen LogP contribution is 2.32. The van der Waals surface area contributed by atoms with Crippen molar-refractivity contribution in [3.63, 3.8) is 0 Å². The number of carbonyl (C=O) groups is 1. The molecule has 0 spiro atoms. The normalized spacial score (nSPS) is 21.3. The van der Waals surface area contributed by atoms with Gasteiger partial charge in [0.05, 0.1) is 16.4 Å². The van der Waals surface area contributed by atoms with Gasteiger partial charge in [-0.15, -0.1) is 11.3 Å². The van der Waals surface area contributed by atoms with Crippen LogP contribution in [0, 0.1) is 5.92 Å². The van der Waals surface area contributed by atoms with Crippen LogP contribution < -0.4 is 0 Å². The van der Waals surface area contributed by atoms with E-state index in [-0.39, 0.29) is 5.78 Å². The summed E-state index contributed by atoms with van der Waals surface area (Å²) in [5, 5.41) is 0. The molecular weight excluding hydrogens is 315 g/mol. The van der Waals surface area contributed by atoms with Gasteiger partial charge in [-0.1, -0.05) is 23.2 Å². The fourth-order valence-electron chi connectivity index (χ4n) is 2.61. The van der Waals surface area contributed by atoms with E-state index >= 15 is 0 Å². The highest BCUT2D eigenvalue weighted by atomic mass is 35.5. The zero-order valence-corrected chi connectivity index (χ0v) is 13.6. The van der Waals surface area contributed by atoms with Crippen LogP contribution in [0.25, 0.3) is 0 Å². The van der Waals surface area contributed by atoms with Gasteiger partial charge < -0.3 is 4.90 Å². The standard InChI is InChI=1S/C14H18Cl2N2OS/c15-13-7-11(14(16)20-13)12(19)9-18-5-3-17(4-6-18)8-10-1-2-10/h7,10H,1-6,8-9H2. The molecule has 0 unspecified atom stereocenters. The number of carbonyl (C=O) groups excluding carboxylic acids is 1. The maximum absolute atomic E-state index is 12.2. The number of ketones is 1. The van der Waals surface area contributed by atoms with Crippen molar-refractivity contribution in [1.82, 2.24) is 9.80 Å². The van der Waals surface area contributed by atoms with E-state index in [1.54, 1.807) is 6.07 Å². The summed E-state index contributed by atoms with van der Waals surface area (Å²) >= 11 is 13.2. The van der Waals surface area contributed by atoms with Gasteiger partial charge in [0, 0.05) is 32.7 Å². The van der Waals surface area contributed by atoms with Gasteiger partial charge in [-0.2, -0.15) is 0 Å². The molecule has 2 fully saturated rings. The Hall–Kier alpha value is -0.130. The van der Waals surface area contributed by atoms with Crippen molar-refractivity contribution in [2.45, 2.75) is 12.8 Å². The molecule has 20 heavy (non-hydrogen) atoms. The molecule has 1 aromatic heterocycles. The van der Waals surface area contributed by atoms with E-state index in [9.17, 15) is 4.79 Å². The van der Waals surface area contributed by atoms with Crippen LogP contribution in [0.15, 0.2) is 6.07 Å². The molecule has 3 nitrogen and oxygen atoms in total. The minimum absolute atomic E-state index is 0.0776. The van der Waals surface area contributed by atoms with E-state index in [1.807, 2.05) is 0 Å². The fourth-order valence-corrected chi connectivity index (χ4v) is 4.11. The van der Waals surface area contributed by atoms with E-state index in [0.717, 1.165) is 32.1 Å². The summed E-state index contributed by atoms with van der Waals surface area (Å²) in [5.74, 6) is 1.02. The van der Waals surface area contributed by atoms with Crippen LogP contribution in [0.2, 0.25) is 8.67 Å². The van der Waals surface area contributed by atoms with Crippen LogP contribution in [0.4, 0.5) is 0 Å². The molecule has 110 valence electrons. The van der Waals surface area contributed by atoms with Gasteiger partial charge in [-0.3, -0.25) is 9.69 Å². The smallest absolute Gasteiger partial charge is 0.179 e. The van der Waals surface area contributed by atoms with Crippen LogP contribution in [-0.4, -0.2) is 54.9 Å². The lowest BCUT2D eigenvalue weighted by Crippen LogP contribution is -2.48. The summed E-state index contributed by atoms with van der Waals surface area (Å²) in [7, 11) is 0. The molecular formula is C14H18Cl2N2OS. The summed E-state index contributed by atoms with van der Waals surface area (Å²) in [4.78, 5) is 17.0. The Kier molecular flexibility index (Phi) is 4.68. The topological polar surface area (TPSA) is 23.6 Å². The molecule has 1 saturated heterocycles. The van der Waals surface area contributed by atoms with E-state index < -0.39 is 0 Å². The Labute approximate surface area is 133 Å². The van der Waals surface area contributed by atoms with Crippen LogP contribution in [0.5, 0.6) is 0 Å². The van der Waals surface area contributed by atoms with Crippen molar-refractivity contribution in [2.75, 3.05) is 39.3 Å². The Bertz CT molecular complexity index is 493. The first-order chi connectivity index (χ1) is 9.61. The van der Waals surface area contributed by atoms with Gasteiger partial charge in [0.25, 0.3) is 0 Å². The number of thiophene rings is 1. The third-order valence-electron chi connectivity index (χ3n) is 4.00. The molecule has 0 amide bonds. The van der Waals surface area contributed by atoms with Crippen molar-refractivity contribution in [1.29, 1.82) is 0 Å². The molecule has 2 heterocycles. The summed E-state index contributed by atoms with van der Waals surface area (Å²) in [6, 6.07) is 1.68. The van der Waals surface area contributed by atoms with E-state index in [4.69, 9.17) is 23.2 Å². The number of halogens is 2. The van der Waals surface area contributed by atoms with Crippen molar-refractivity contribution in [2.24, 2.45) is 5.92 Å². The predicted molar refractivity (Wildman–Crippen MR) is 84.3 cm³/mol. The molecule has 2 aliphatic rings. The zero-order valence-electron chi connectivity index (χ0n) is 11.3. The highest BCUT2D eigenvalue weighted by molar-refractivity contribution is 7.20. The SMILES string of the molecule is O=C(CN1CCN(CC2CC2)CC1)c1cc(Cl)sc1Cl. The van der Waals surface area contributed by atoms with Gasteiger partial charge >= 0.3 is 0 Å². The number of hydrogen-bond acceptors (Lipinski definition) is 4. The average molecular weight is 333 g/mol. The quantitative estimate of drug-likeness (QED) is 0.773. The average Bonchev–Trinajstić information content (AvgIpc) is 3.15. The molecule has 1 aliphatic heterocycles. The largest absolute Gasteiger partial charge is 0.301 e. The molecule has 6 heteroatoms. The second-order valence-electron chi connectivity index (χ2n) is 5.68. The molecule has 3 rings (SSSR count). The molecule has 1 aromatic rings. The first-order valence-corrected chi connectivity index (χ1v) is 8.62. The zero-order chi connectivity index (χ0) is 14.1. The third kappa shape index (κ3) is 3.74. The molecule has 0 bridgehead atoms. The number of piperazine rings is 1. The fraction of sp³-hybridized carbons (Fsp3) is 0.643. The van der Waals surface area contributed by atoms with Crippen LogP contribution in [0.1, 0.15) is 23.2 Å². The lowest BCUT2D eigenvalue weighted by atomic mass is 10.2. The minimum atomic E-state index is 0.0776. The number of nitrogens with zero attached hydrogens (tertiary/aromatic N) is 2. The molecule has 0 radical (unpaired) electrons. The second-order valence-corrected chi connectivity index (χ2v) is 7.97. The van der Waals surface area contributed by atoms with E-state index in [1.165, 1.54) is 30.7 Å². The molecule has 1 saturated carbocycles. The van der Waals surface area contributed by atoms with Crippen molar-refractivity contribution >= 4 is 40.3 Å². The van der Waals surface area contributed by atoms with Crippen LogP contribution >= 0.6 is 34.5 Å². The molecule has 0 N–H and O–H groups in total. The lowest BCUT2D eigenvalue weighted by molar-refractivity contribution is 0.0847. The lowest BCUT2D eigenvalue weighted by Gasteiger charge is -2.34. The monoisotopic (exact) mass is 332 g/mol. The van der Waals surface area contributed by atoms with Crippen molar-refractivity contribution < 1.29 is 4.79 Å². The minimum Gasteiger partial charge on any atom is -0.301 e. The Morgan fingerprint density at radius 1 is 1.20 bits per heavy atom. The summed E-state index contributed by atoms with van der Waals surface area (Å²) in [5.41, 5.74) is 0.571. The van der Waals surface area contributed by atoms with E-state index in [0.29, 0.717) is 20.8 Å². The number of Topliss-reactive ketones (excluding diaryl/α,β-unsaturated/α-hetero) is 1. The van der Waals surface area contributed by atoms with Gasteiger partial charge in [0.1, 0.15) is 4.34 Å². The van der Waals surface area contributed by atoms with Gasteiger partial charge in [0.2, 0.25) is 0 Å². The Morgan fingerprint density at radius 3 is 2.40 bits per heavy atom. The first-order valence-electron chi connectivity index (χ1n) is 7.04. The second kappa shape index (κ2) is 6.32. The van der Waals surface area contributed by atoms with Crippen molar-refractivity contribution in [3.05, 3.63) is 20.3 Å². The molecule has 0 atom stereocenters. The third-order valence-corrected chi connectivity index (χ3v) is 5.49. The number of hydrogen-bond donors (Lipinski definition) is 0. The van der Waals surface area contributed by atoms with Crippen LogP contribution in [0.3, 0.4) is 0 Å². The number of rotatable bonds is 5. The molecule has 0 aromatic carbocycles. The van der Waals surface area contributed by atoms with E-state index in [2.05, 4.69) is 9.80 Å². The summed E-state index contributed by atoms with van der Waals surface area (Å²) in [6.07, 6.45) is 2.80. The van der Waals surface area contributed by atoms with Gasteiger partial charge in [-0.05, 0) is 24.8 Å². The summed E-state index contributed by atoms with van der Waals surface area (Å²) in [6.45, 7) is 5.77. The first kappa shape index (κ1) is 14.8.